The molecule has 2 aromatic rings. The molecule has 0 radical (unpaired) electrons. The molecule has 100 valence electrons. The average Bonchev–Trinajstić information content (AvgIpc) is 2.85. The van der Waals surface area contributed by atoms with Crippen LogP contribution in [-0.4, -0.2) is 6.29 Å². The average molecular weight is 323 g/mol. The minimum absolute atomic E-state index is 0.315. The highest BCUT2D eigenvalue weighted by molar-refractivity contribution is 9.10. The highest BCUT2D eigenvalue weighted by Crippen LogP contribution is 2.30. The number of aldehydes is 1. The normalized spacial score (nSPS) is 10.7. The third-order valence-corrected chi connectivity index (χ3v) is 3.26. The summed E-state index contributed by atoms with van der Waals surface area (Å²) in [7, 11) is 0. The summed E-state index contributed by atoms with van der Waals surface area (Å²) in [6.07, 6.45) is 0.683. The maximum absolute atomic E-state index is 10.5. The van der Waals surface area contributed by atoms with Crippen LogP contribution in [0.2, 0.25) is 0 Å². The standard InChI is InChI=1S/C15H15BrO3/c1-10(2)14-7-11(16)3-6-15(14)18-9-13-5-4-12(8-17)19-13/h3-8,10H,9H2,1-2H3. The van der Waals surface area contributed by atoms with Crippen molar-refractivity contribution >= 4 is 22.2 Å². The van der Waals surface area contributed by atoms with E-state index in [1.54, 1.807) is 12.1 Å². The Morgan fingerprint density at radius 3 is 2.74 bits per heavy atom. The fourth-order valence-electron chi connectivity index (χ4n) is 1.79. The number of carbonyl (C=O) groups excluding carboxylic acids is 1. The van der Waals surface area contributed by atoms with Gasteiger partial charge in [-0.3, -0.25) is 4.79 Å². The second-order valence-electron chi connectivity index (χ2n) is 4.55. The van der Waals surface area contributed by atoms with Crippen molar-refractivity contribution in [3.8, 4) is 5.75 Å². The number of benzene rings is 1. The molecule has 1 aromatic heterocycles. The molecule has 0 saturated heterocycles. The van der Waals surface area contributed by atoms with Gasteiger partial charge in [-0.2, -0.15) is 0 Å². The smallest absolute Gasteiger partial charge is 0.185 e. The van der Waals surface area contributed by atoms with E-state index in [0.717, 1.165) is 15.8 Å². The van der Waals surface area contributed by atoms with E-state index in [-0.39, 0.29) is 0 Å². The van der Waals surface area contributed by atoms with E-state index < -0.39 is 0 Å². The van der Waals surface area contributed by atoms with E-state index in [0.29, 0.717) is 30.3 Å². The van der Waals surface area contributed by atoms with Gasteiger partial charge >= 0.3 is 0 Å². The van der Waals surface area contributed by atoms with Crippen molar-refractivity contribution in [1.82, 2.24) is 0 Å². The molecule has 0 aliphatic carbocycles. The van der Waals surface area contributed by atoms with Crippen LogP contribution in [0.15, 0.2) is 39.2 Å². The van der Waals surface area contributed by atoms with E-state index in [9.17, 15) is 4.79 Å². The lowest BCUT2D eigenvalue weighted by molar-refractivity contribution is 0.109. The molecular formula is C15H15BrO3. The minimum Gasteiger partial charge on any atom is -0.485 e. The zero-order chi connectivity index (χ0) is 13.8. The molecule has 2 rings (SSSR count). The lowest BCUT2D eigenvalue weighted by Gasteiger charge is -2.13. The molecule has 0 saturated carbocycles. The Bertz CT molecular complexity index is 573. The van der Waals surface area contributed by atoms with Gasteiger partial charge in [-0.1, -0.05) is 29.8 Å². The SMILES string of the molecule is CC(C)c1cc(Br)ccc1OCc1ccc(C=O)o1. The van der Waals surface area contributed by atoms with Gasteiger partial charge in [0.05, 0.1) is 0 Å². The van der Waals surface area contributed by atoms with Crippen molar-refractivity contribution < 1.29 is 13.9 Å². The molecule has 0 aliphatic rings. The molecule has 19 heavy (non-hydrogen) atoms. The highest BCUT2D eigenvalue weighted by Gasteiger charge is 2.10. The van der Waals surface area contributed by atoms with Gasteiger partial charge in [-0.15, -0.1) is 0 Å². The Morgan fingerprint density at radius 2 is 2.11 bits per heavy atom. The number of rotatable bonds is 5. The number of ether oxygens (including phenoxy) is 1. The lowest BCUT2D eigenvalue weighted by atomic mass is 10.0. The maximum atomic E-state index is 10.5. The molecule has 0 aliphatic heterocycles. The van der Waals surface area contributed by atoms with Gasteiger partial charge < -0.3 is 9.15 Å². The van der Waals surface area contributed by atoms with Crippen LogP contribution in [0.3, 0.4) is 0 Å². The lowest BCUT2D eigenvalue weighted by Crippen LogP contribution is -1.99. The zero-order valence-corrected chi connectivity index (χ0v) is 12.4. The molecule has 0 atom stereocenters. The Balaban J connectivity index is 2.12. The third kappa shape index (κ3) is 3.47. The Labute approximate surface area is 120 Å². The van der Waals surface area contributed by atoms with Crippen LogP contribution in [0, 0.1) is 0 Å². The predicted octanol–water partition coefficient (Wildman–Crippen LogP) is 4.56. The summed E-state index contributed by atoms with van der Waals surface area (Å²) in [6, 6.07) is 9.32. The van der Waals surface area contributed by atoms with Gasteiger partial charge in [-0.05, 0) is 41.8 Å². The Hall–Kier alpha value is -1.55. The van der Waals surface area contributed by atoms with Crippen LogP contribution in [0.4, 0.5) is 0 Å². The topological polar surface area (TPSA) is 39.4 Å². The fraction of sp³-hybridized carbons (Fsp3) is 0.267. The van der Waals surface area contributed by atoms with Gasteiger partial charge in [0, 0.05) is 4.47 Å². The molecule has 4 heteroatoms. The summed E-state index contributed by atoms with van der Waals surface area (Å²) < 4.78 is 12.1. The number of hydrogen-bond donors (Lipinski definition) is 0. The zero-order valence-electron chi connectivity index (χ0n) is 10.9. The van der Waals surface area contributed by atoms with Crippen LogP contribution in [-0.2, 0) is 6.61 Å². The van der Waals surface area contributed by atoms with Crippen molar-refractivity contribution in [3.05, 3.63) is 51.9 Å². The summed E-state index contributed by atoms with van der Waals surface area (Å²) in [5.74, 6) is 2.16. The van der Waals surface area contributed by atoms with Gasteiger partial charge in [0.15, 0.2) is 12.0 Å². The number of furan rings is 1. The van der Waals surface area contributed by atoms with Crippen LogP contribution < -0.4 is 4.74 Å². The molecule has 0 amide bonds. The first-order valence-corrected chi connectivity index (χ1v) is 6.85. The van der Waals surface area contributed by atoms with Gasteiger partial charge in [-0.25, -0.2) is 0 Å². The molecule has 0 fully saturated rings. The summed E-state index contributed by atoms with van der Waals surface area (Å²) in [5.41, 5.74) is 1.14. The molecule has 1 heterocycles. The molecular weight excluding hydrogens is 308 g/mol. The number of hydrogen-bond acceptors (Lipinski definition) is 3. The van der Waals surface area contributed by atoms with E-state index in [4.69, 9.17) is 9.15 Å². The van der Waals surface area contributed by atoms with E-state index in [2.05, 4.69) is 35.8 Å². The minimum atomic E-state index is 0.315. The van der Waals surface area contributed by atoms with Crippen LogP contribution >= 0.6 is 15.9 Å². The van der Waals surface area contributed by atoms with Crippen molar-refractivity contribution in [3.63, 3.8) is 0 Å². The Morgan fingerprint density at radius 1 is 1.32 bits per heavy atom. The molecule has 3 nitrogen and oxygen atoms in total. The Kier molecular flexibility index (Phi) is 4.43. The molecule has 0 spiro atoms. The maximum Gasteiger partial charge on any atom is 0.185 e. The molecule has 0 N–H and O–H groups in total. The van der Waals surface area contributed by atoms with E-state index >= 15 is 0 Å². The van der Waals surface area contributed by atoms with Crippen molar-refractivity contribution in [2.24, 2.45) is 0 Å². The van der Waals surface area contributed by atoms with Crippen LogP contribution in [0.25, 0.3) is 0 Å². The fourth-order valence-corrected chi connectivity index (χ4v) is 2.17. The van der Waals surface area contributed by atoms with Crippen LogP contribution in [0.5, 0.6) is 5.75 Å². The molecule has 0 unspecified atom stereocenters. The summed E-state index contributed by atoms with van der Waals surface area (Å²) >= 11 is 3.46. The summed E-state index contributed by atoms with van der Waals surface area (Å²) in [4.78, 5) is 10.5. The second kappa shape index (κ2) is 6.06. The predicted molar refractivity (Wildman–Crippen MR) is 76.7 cm³/mol. The first kappa shape index (κ1) is 13.9. The largest absolute Gasteiger partial charge is 0.485 e. The first-order chi connectivity index (χ1) is 9.10. The number of halogens is 1. The monoisotopic (exact) mass is 322 g/mol. The first-order valence-electron chi connectivity index (χ1n) is 6.06. The van der Waals surface area contributed by atoms with Gasteiger partial charge in [0.25, 0.3) is 0 Å². The van der Waals surface area contributed by atoms with Gasteiger partial charge in [0.1, 0.15) is 18.1 Å². The van der Waals surface area contributed by atoms with Crippen LogP contribution in [0.1, 0.15) is 41.6 Å². The summed E-state index contributed by atoms with van der Waals surface area (Å²) in [5, 5.41) is 0. The van der Waals surface area contributed by atoms with E-state index in [1.807, 2.05) is 12.1 Å². The molecule has 1 aromatic carbocycles. The number of carbonyl (C=O) groups is 1. The molecule has 0 bridgehead atoms. The van der Waals surface area contributed by atoms with Crippen molar-refractivity contribution in [2.45, 2.75) is 26.4 Å². The second-order valence-corrected chi connectivity index (χ2v) is 5.46. The quantitative estimate of drug-likeness (QED) is 0.758. The van der Waals surface area contributed by atoms with E-state index in [1.165, 1.54) is 0 Å². The highest BCUT2D eigenvalue weighted by atomic mass is 79.9. The summed E-state index contributed by atoms with van der Waals surface area (Å²) in [6.45, 7) is 4.55. The van der Waals surface area contributed by atoms with Crippen molar-refractivity contribution in [1.29, 1.82) is 0 Å². The van der Waals surface area contributed by atoms with Crippen molar-refractivity contribution in [2.75, 3.05) is 0 Å². The van der Waals surface area contributed by atoms with Gasteiger partial charge in [0.2, 0.25) is 0 Å². The third-order valence-electron chi connectivity index (χ3n) is 2.76.